The maximum absolute atomic E-state index is 11.7. The zero-order chi connectivity index (χ0) is 13.5. The number of benzene rings is 1. The number of amides is 1. The van der Waals surface area contributed by atoms with Crippen molar-refractivity contribution in [1.29, 1.82) is 0 Å². The SMILES string of the molecule is CCc1cnc(CNC(=O)CNc2ccccc2)s1.Cl.Cl. The first-order valence-electron chi connectivity index (χ1n) is 6.27. The van der Waals surface area contributed by atoms with Gasteiger partial charge in [0.25, 0.3) is 0 Å². The van der Waals surface area contributed by atoms with E-state index in [9.17, 15) is 4.79 Å². The molecule has 2 N–H and O–H groups in total. The molecule has 0 saturated carbocycles. The van der Waals surface area contributed by atoms with Crippen molar-refractivity contribution in [1.82, 2.24) is 10.3 Å². The van der Waals surface area contributed by atoms with Crippen LogP contribution in [0.5, 0.6) is 0 Å². The Kier molecular flexibility index (Phi) is 9.78. The summed E-state index contributed by atoms with van der Waals surface area (Å²) < 4.78 is 0. The predicted molar refractivity (Wildman–Crippen MR) is 92.8 cm³/mol. The molecule has 4 nitrogen and oxygen atoms in total. The number of thiazole rings is 1. The summed E-state index contributed by atoms with van der Waals surface area (Å²) in [6.07, 6.45) is 2.86. The van der Waals surface area contributed by atoms with E-state index in [-0.39, 0.29) is 37.3 Å². The second-order valence-electron chi connectivity index (χ2n) is 4.07. The molecular formula is C14H19Cl2N3OS. The highest BCUT2D eigenvalue weighted by molar-refractivity contribution is 7.11. The van der Waals surface area contributed by atoms with Crippen LogP contribution in [-0.2, 0) is 17.8 Å². The molecule has 0 bridgehead atoms. The van der Waals surface area contributed by atoms with E-state index in [0.717, 1.165) is 17.1 Å². The number of hydrogen-bond acceptors (Lipinski definition) is 4. The van der Waals surface area contributed by atoms with Crippen LogP contribution in [0.4, 0.5) is 5.69 Å². The molecule has 2 rings (SSSR count). The molecule has 7 heteroatoms. The second kappa shape index (κ2) is 10.4. The molecule has 0 unspecified atom stereocenters. The summed E-state index contributed by atoms with van der Waals surface area (Å²) in [7, 11) is 0. The van der Waals surface area contributed by atoms with E-state index in [1.807, 2.05) is 36.5 Å². The van der Waals surface area contributed by atoms with Crippen LogP contribution < -0.4 is 10.6 Å². The standard InChI is InChI=1S/C14H17N3OS.2ClH/c1-2-12-8-17-14(19-12)10-16-13(18)9-15-11-6-4-3-5-7-11;;/h3-8,15H,2,9-10H2,1H3,(H,16,18);2*1H. The van der Waals surface area contributed by atoms with E-state index < -0.39 is 0 Å². The Bertz CT molecular complexity index is 534. The Hall–Kier alpha value is -1.30. The molecule has 0 spiro atoms. The normalized spacial score (nSPS) is 9.19. The molecule has 0 fully saturated rings. The molecule has 116 valence electrons. The number of aryl methyl sites for hydroxylation is 1. The number of hydrogen-bond donors (Lipinski definition) is 2. The zero-order valence-electron chi connectivity index (χ0n) is 11.7. The van der Waals surface area contributed by atoms with Gasteiger partial charge in [-0.25, -0.2) is 4.98 Å². The van der Waals surface area contributed by atoms with Gasteiger partial charge in [0.05, 0.1) is 13.1 Å². The van der Waals surface area contributed by atoms with Crippen molar-refractivity contribution in [3.05, 3.63) is 46.4 Å². The summed E-state index contributed by atoms with van der Waals surface area (Å²) >= 11 is 1.64. The second-order valence-corrected chi connectivity index (χ2v) is 5.27. The van der Waals surface area contributed by atoms with E-state index in [1.54, 1.807) is 11.3 Å². The van der Waals surface area contributed by atoms with Crippen LogP contribution >= 0.6 is 36.2 Å². The summed E-state index contributed by atoms with van der Waals surface area (Å²) in [5, 5.41) is 6.87. The van der Waals surface area contributed by atoms with E-state index >= 15 is 0 Å². The van der Waals surface area contributed by atoms with Crippen molar-refractivity contribution in [2.75, 3.05) is 11.9 Å². The molecule has 2 aromatic rings. The molecule has 0 atom stereocenters. The first-order valence-corrected chi connectivity index (χ1v) is 7.08. The summed E-state index contributed by atoms with van der Waals surface area (Å²) in [6, 6.07) is 9.67. The van der Waals surface area contributed by atoms with Gasteiger partial charge in [0.15, 0.2) is 0 Å². The Morgan fingerprint density at radius 2 is 1.95 bits per heavy atom. The van der Waals surface area contributed by atoms with Gasteiger partial charge in [-0.2, -0.15) is 0 Å². The maximum atomic E-state index is 11.7. The third-order valence-electron chi connectivity index (χ3n) is 2.61. The first-order chi connectivity index (χ1) is 9.28. The number of aromatic nitrogens is 1. The number of anilines is 1. The van der Waals surface area contributed by atoms with Gasteiger partial charge in [-0.1, -0.05) is 25.1 Å². The van der Waals surface area contributed by atoms with Gasteiger partial charge in [0, 0.05) is 16.8 Å². The van der Waals surface area contributed by atoms with E-state index in [2.05, 4.69) is 22.5 Å². The maximum Gasteiger partial charge on any atom is 0.239 e. The number of rotatable bonds is 6. The summed E-state index contributed by atoms with van der Waals surface area (Å²) in [6.45, 7) is 2.87. The molecule has 0 aliphatic carbocycles. The Labute approximate surface area is 141 Å². The third-order valence-corrected chi connectivity index (χ3v) is 3.76. The van der Waals surface area contributed by atoms with Gasteiger partial charge in [-0.15, -0.1) is 36.2 Å². The van der Waals surface area contributed by atoms with Gasteiger partial charge < -0.3 is 10.6 Å². The first kappa shape index (κ1) is 19.7. The van der Waals surface area contributed by atoms with Crippen LogP contribution in [0.15, 0.2) is 36.5 Å². The molecule has 0 aliphatic rings. The number of carbonyl (C=O) groups is 1. The van der Waals surface area contributed by atoms with Crippen LogP contribution in [-0.4, -0.2) is 17.4 Å². The molecule has 0 radical (unpaired) electrons. The largest absolute Gasteiger partial charge is 0.376 e. The minimum atomic E-state index is -0.0305. The van der Waals surface area contributed by atoms with Crippen molar-refractivity contribution >= 4 is 47.7 Å². The van der Waals surface area contributed by atoms with Crippen molar-refractivity contribution in [2.24, 2.45) is 0 Å². The average Bonchev–Trinajstić information content (AvgIpc) is 2.92. The van der Waals surface area contributed by atoms with Crippen LogP contribution in [0.25, 0.3) is 0 Å². The number of halogens is 2. The lowest BCUT2D eigenvalue weighted by Gasteiger charge is -2.06. The quantitative estimate of drug-likeness (QED) is 0.842. The monoisotopic (exact) mass is 347 g/mol. The van der Waals surface area contributed by atoms with Crippen LogP contribution in [0, 0.1) is 0 Å². The highest BCUT2D eigenvalue weighted by Gasteiger charge is 2.04. The van der Waals surface area contributed by atoms with Gasteiger partial charge in [-0.05, 0) is 18.6 Å². The predicted octanol–water partition coefficient (Wildman–Crippen LogP) is 3.28. The zero-order valence-corrected chi connectivity index (χ0v) is 14.1. The molecule has 0 saturated heterocycles. The van der Waals surface area contributed by atoms with Crippen LogP contribution in [0.3, 0.4) is 0 Å². The highest BCUT2D eigenvalue weighted by atomic mass is 35.5. The molecule has 1 amide bonds. The minimum absolute atomic E-state index is 0. The lowest BCUT2D eigenvalue weighted by atomic mass is 10.3. The number of nitrogens with zero attached hydrogens (tertiary/aromatic N) is 1. The van der Waals surface area contributed by atoms with E-state index in [4.69, 9.17) is 0 Å². The number of carbonyl (C=O) groups excluding carboxylic acids is 1. The fraction of sp³-hybridized carbons (Fsp3) is 0.286. The third kappa shape index (κ3) is 6.80. The van der Waals surface area contributed by atoms with Crippen molar-refractivity contribution in [3.8, 4) is 0 Å². The lowest BCUT2D eigenvalue weighted by molar-refractivity contribution is -0.119. The van der Waals surface area contributed by atoms with Crippen molar-refractivity contribution in [2.45, 2.75) is 19.9 Å². The van der Waals surface area contributed by atoms with Crippen LogP contribution in [0.1, 0.15) is 16.8 Å². The molecule has 21 heavy (non-hydrogen) atoms. The topological polar surface area (TPSA) is 54.0 Å². The minimum Gasteiger partial charge on any atom is -0.376 e. The fourth-order valence-corrected chi connectivity index (χ4v) is 2.37. The van der Waals surface area contributed by atoms with E-state index in [1.165, 1.54) is 4.88 Å². The summed E-state index contributed by atoms with van der Waals surface area (Å²) in [5.74, 6) is -0.0305. The van der Waals surface area contributed by atoms with Gasteiger partial charge in [0.2, 0.25) is 5.91 Å². The Morgan fingerprint density at radius 3 is 2.57 bits per heavy atom. The smallest absolute Gasteiger partial charge is 0.239 e. The molecular weight excluding hydrogens is 329 g/mol. The van der Waals surface area contributed by atoms with Crippen LogP contribution in [0.2, 0.25) is 0 Å². The average molecular weight is 348 g/mol. The number of nitrogens with one attached hydrogen (secondary N) is 2. The van der Waals surface area contributed by atoms with Crippen molar-refractivity contribution in [3.63, 3.8) is 0 Å². The Morgan fingerprint density at radius 1 is 1.24 bits per heavy atom. The Balaban J connectivity index is 0.00000200. The van der Waals surface area contributed by atoms with E-state index in [0.29, 0.717) is 6.54 Å². The highest BCUT2D eigenvalue weighted by Crippen LogP contribution is 2.12. The molecule has 1 heterocycles. The molecule has 1 aromatic carbocycles. The molecule has 0 aliphatic heterocycles. The number of para-hydroxylation sites is 1. The molecule has 1 aromatic heterocycles. The lowest BCUT2D eigenvalue weighted by Crippen LogP contribution is -2.29. The van der Waals surface area contributed by atoms with Gasteiger partial charge >= 0.3 is 0 Å². The summed E-state index contributed by atoms with van der Waals surface area (Å²) in [4.78, 5) is 17.2. The van der Waals surface area contributed by atoms with Gasteiger partial charge in [0.1, 0.15) is 5.01 Å². The fourth-order valence-electron chi connectivity index (χ4n) is 1.57. The summed E-state index contributed by atoms with van der Waals surface area (Å²) in [5.41, 5.74) is 0.945. The van der Waals surface area contributed by atoms with Gasteiger partial charge in [-0.3, -0.25) is 4.79 Å². The van der Waals surface area contributed by atoms with Crippen molar-refractivity contribution < 1.29 is 4.79 Å².